The molecule has 1 aromatic carbocycles. The Morgan fingerprint density at radius 1 is 1.32 bits per heavy atom. The minimum absolute atomic E-state index is 0.0332. The summed E-state index contributed by atoms with van der Waals surface area (Å²) in [5, 5.41) is -0.243. The third-order valence-corrected chi connectivity index (χ3v) is 3.97. The maximum Gasteiger partial charge on any atom is 0.293 e. The van der Waals surface area contributed by atoms with E-state index < -0.39 is 0 Å². The number of likely N-dealkylation sites (N-methyl/N-ethyl adjacent to an activating group) is 1. The predicted molar refractivity (Wildman–Crippen MR) is 87.1 cm³/mol. The number of thioether (sulfide) groups is 1. The second kappa shape index (κ2) is 6.87. The van der Waals surface area contributed by atoms with Crippen LogP contribution >= 0.6 is 11.8 Å². The lowest BCUT2D eigenvalue weighted by atomic mass is 10.1. The third-order valence-electron chi connectivity index (χ3n) is 3.06. The van der Waals surface area contributed by atoms with Gasteiger partial charge in [0.1, 0.15) is 0 Å². The second-order valence-electron chi connectivity index (χ2n) is 4.97. The van der Waals surface area contributed by atoms with E-state index in [1.165, 1.54) is 4.90 Å². The van der Waals surface area contributed by atoms with Crippen LogP contribution in [0.25, 0.3) is 6.08 Å². The van der Waals surface area contributed by atoms with Gasteiger partial charge in [-0.05, 0) is 44.7 Å². The molecule has 0 spiro atoms. The van der Waals surface area contributed by atoms with Crippen molar-refractivity contribution in [2.75, 3.05) is 13.7 Å². The molecule has 118 valence electrons. The van der Waals surface area contributed by atoms with Crippen LogP contribution in [0.3, 0.4) is 0 Å². The minimum atomic E-state index is -0.268. The van der Waals surface area contributed by atoms with E-state index in [1.807, 2.05) is 26.0 Å². The lowest BCUT2D eigenvalue weighted by molar-refractivity contribution is -0.122. The van der Waals surface area contributed by atoms with E-state index in [2.05, 4.69) is 0 Å². The van der Waals surface area contributed by atoms with Crippen molar-refractivity contribution in [2.24, 2.45) is 0 Å². The molecule has 1 fully saturated rings. The van der Waals surface area contributed by atoms with Crippen LogP contribution in [-0.2, 0) is 4.79 Å². The Labute approximate surface area is 134 Å². The molecular weight excluding hydrogens is 302 g/mol. The molecule has 22 heavy (non-hydrogen) atoms. The first-order valence-corrected chi connectivity index (χ1v) is 7.88. The van der Waals surface area contributed by atoms with Crippen LogP contribution in [-0.4, -0.2) is 35.8 Å². The maximum absolute atomic E-state index is 12.2. The Morgan fingerprint density at radius 2 is 2.05 bits per heavy atom. The fourth-order valence-corrected chi connectivity index (χ4v) is 2.98. The van der Waals surface area contributed by atoms with Gasteiger partial charge in [0, 0.05) is 12.1 Å². The van der Waals surface area contributed by atoms with E-state index in [0.717, 1.165) is 17.3 Å². The SMILES string of the molecule is CCN1C(=O)S/C(=C/c2cccc(OC)c2OC(C)C)C1=O. The molecule has 2 rings (SSSR count). The molecule has 5 nitrogen and oxygen atoms in total. The number of hydrogen-bond acceptors (Lipinski definition) is 5. The van der Waals surface area contributed by atoms with E-state index in [1.54, 1.807) is 26.2 Å². The number of carbonyl (C=O) groups excluding carboxylic acids is 2. The Hall–Kier alpha value is -1.95. The molecular formula is C16H19NO4S. The summed E-state index contributed by atoms with van der Waals surface area (Å²) in [6, 6.07) is 5.45. The van der Waals surface area contributed by atoms with E-state index in [9.17, 15) is 9.59 Å². The number of para-hydroxylation sites is 1. The summed E-state index contributed by atoms with van der Waals surface area (Å²) >= 11 is 0.944. The van der Waals surface area contributed by atoms with E-state index in [4.69, 9.17) is 9.47 Å². The molecule has 1 saturated heterocycles. The summed E-state index contributed by atoms with van der Waals surface area (Å²) < 4.78 is 11.1. The van der Waals surface area contributed by atoms with Crippen LogP contribution in [0.2, 0.25) is 0 Å². The molecule has 0 N–H and O–H groups in total. The highest BCUT2D eigenvalue weighted by atomic mass is 32.2. The Morgan fingerprint density at radius 3 is 2.59 bits per heavy atom. The number of hydrogen-bond donors (Lipinski definition) is 0. The van der Waals surface area contributed by atoms with Gasteiger partial charge in [0.25, 0.3) is 11.1 Å². The van der Waals surface area contributed by atoms with Gasteiger partial charge in [-0.3, -0.25) is 14.5 Å². The van der Waals surface area contributed by atoms with Crippen molar-refractivity contribution in [3.05, 3.63) is 28.7 Å². The molecule has 1 aliphatic heterocycles. The van der Waals surface area contributed by atoms with E-state index in [0.29, 0.717) is 22.9 Å². The standard InChI is InChI=1S/C16H19NO4S/c1-5-17-15(18)13(22-16(17)19)9-11-7-6-8-12(20-4)14(11)21-10(2)3/h6-10H,5H2,1-4H3/b13-9+. The van der Waals surface area contributed by atoms with Crippen molar-refractivity contribution >= 4 is 29.0 Å². The average molecular weight is 321 g/mol. The maximum atomic E-state index is 12.2. The molecule has 0 aliphatic carbocycles. The number of nitrogens with zero attached hydrogens (tertiary/aromatic N) is 1. The van der Waals surface area contributed by atoms with Gasteiger partial charge in [-0.25, -0.2) is 0 Å². The molecule has 0 bridgehead atoms. The van der Waals surface area contributed by atoms with Crippen LogP contribution in [0.15, 0.2) is 23.1 Å². The fraction of sp³-hybridized carbons (Fsp3) is 0.375. The van der Waals surface area contributed by atoms with Gasteiger partial charge in [0.2, 0.25) is 0 Å². The van der Waals surface area contributed by atoms with Crippen molar-refractivity contribution in [1.82, 2.24) is 4.90 Å². The van der Waals surface area contributed by atoms with Gasteiger partial charge in [-0.2, -0.15) is 0 Å². The zero-order valence-corrected chi connectivity index (χ0v) is 13.9. The summed E-state index contributed by atoms with van der Waals surface area (Å²) in [6.07, 6.45) is 1.65. The Bertz CT molecular complexity index is 625. The molecule has 1 aliphatic rings. The number of amides is 2. The van der Waals surface area contributed by atoms with Gasteiger partial charge in [0.15, 0.2) is 11.5 Å². The van der Waals surface area contributed by atoms with Crippen molar-refractivity contribution < 1.29 is 19.1 Å². The molecule has 6 heteroatoms. The summed E-state index contributed by atoms with van der Waals surface area (Å²) in [4.78, 5) is 25.6. The molecule has 0 saturated carbocycles. The number of methoxy groups -OCH3 is 1. The average Bonchev–Trinajstić information content (AvgIpc) is 2.74. The number of benzene rings is 1. The molecule has 2 amide bonds. The molecule has 1 heterocycles. The highest BCUT2D eigenvalue weighted by Crippen LogP contribution is 2.37. The predicted octanol–water partition coefficient (Wildman–Crippen LogP) is 3.54. The van der Waals surface area contributed by atoms with Crippen molar-refractivity contribution in [3.63, 3.8) is 0 Å². The largest absolute Gasteiger partial charge is 0.493 e. The highest BCUT2D eigenvalue weighted by molar-refractivity contribution is 8.18. The first-order chi connectivity index (χ1) is 10.5. The molecule has 0 unspecified atom stereocenters. The van der Waals surface area contributed by atoms with Crippen LogP contribution in [0.5, 0.6) is 11.5 Å². The zero-order chi connectivity index (χ0) is 16.3. The minimum Gasteiger partial charge on any atom is -0.493 e. The van der Waals surface area contributed by atoms with Crippen molar-refractivity contribution in [1.29, 1.82) is 0 Å². The summed E-state index contributed by atoms with van der Waals surface area (Å²) in [6.45, 7) is 5.98. The number of ether oxygens (including phenoxy) is 2. The van der Waals surface area contributed by atoms with Gasteiger partial charge >= 0.3 is 0 Å². The number of carbonyl (C=O) groups is 2. The molecule has 0 aromatic heterocycles. The summed E-state index contributed by atoms with van der Waals surface area (Å²) in [7, 11) is 1.57. The van der Waals surface area contributed by atoms with Crippen LogP contribution in [0.4, 0.5) is 4.79 Å². The summed E-state index contributed by atoms with van der Waals surface area (Å²) in [5.41, 5.74) is 0.717. The number of rotatable bonds is 5. The first kappa shape index (κ1) is 16.4. The smallest absolute Gasteiger partial charge is 0.293 e. The highest BCUT2D eigenvalue weighted by Gasteiger charge is 2.34. The lowest BCUT2D eigenvalue weighted by Gasteiger charge is -2.16. The Kier molecular flexibility index (Phi) is 5.13. The van der Waals surface area contributed by atoms with E-state index in [-0.39, 0.29) is 17.3 Å². The van der Waals surface area contributed by atoms with Crippen LogP contribution in [0, 0.1) is 0 Å². The third kappa shape index (κ3) is 3.27. The molecule has 0 radical (unpaired) electrons. The zero-order valence-electron chi connectivity index (χ0n) is 13.1. The quantitative estimate of drug-likeness (QED) is 0.776. The normalized spacial score (nSPS) is 16.8. The topological polar surface area (TPSA) is 55.8 Å². The number of imide groups is 1. The summed E-state index contributed by atoms with van der Waals surface area (Å²) in [5.74, 6) is 0.899. The fourth-order valence-electron chi connectivity index (χ4n) is 2.08. The monoisotopic (exact) mass is 321 g/mol. The van der Waals surface area contributed by atoms with Crippen molar-refractivity contribution in [2.45, 2.75) is 26.9 Å². The van der Waals surface area contributed by atoms with E-state index >= 15 is 0 Å². The first-order valence-electron chi connectivity index (χ1n) is 7.07. The van der Waals surface area contributed by atoms with Crippen LogP contribution in [0.1, 0.15) is 26.3 Å². The van der Waals surface area contributed by atoms with Gasteiger partial charge < -0.3 is 9.47 Å². The molecule has 1 aromatic rings. The second-order valence-corrected chi connectivity index (χ2v) is 5.96. The van der Waals surface area contributed by atoms with Crippen molar-refractivity contribution in [3.8, 4) is 11.5 Å². The molecule has 0 atom stereocenters. The van der Waals surface area contributed by atoms with Gasteiger partial charge in [0.05, 0.1) is 18.1 Å². The lowest BCUT2D eigenvalue weighted by Crippen LogP contribution is -2.27. The Balaban J connectivity index is 2.43. The van der Waals surface area contributed by atoms with Gasteiger partial charge in [-0.1, -0.05) is 12.1 Å². The van der Waals surface area contributed by atoms with Gasteiger partial charge in [-0.15, -0.1) is 0 Å². The van der Waals surface area contributed by atoms with Crippen LogP contribution < -0.4 is 9.47 Å².